The highest BCUT2D eigenvalue weighted by atomic mass is 16.3. The van der Waals surface area contributed by atoms with Crippen molar-refractivity contribution in [3.63, 3.8) is 0 Å². The highest BCUT2D eigenvalue weighted by Gasteiger charge is 2.26. The van der Waals surface area contributed by atoms with E-state index in [4.69, 9.17) is 0 Å². The molecule has 0 spiro atoms. The molecule has 2 nitrogen and oxygen atoms in total. The van der Waals surface area contributed by atoms with E-state index in [1.807, 2.05) is 12.1 Å². The first kappa shape index (κ1) is 15.6. The summed E-state index contributed by atoms with van der Waals surface area (Å²) >= 11 is 0. The fourth-order valence-electron chi connectivity index (χ4n) is 2.49. The molecule has 0 aliphatic heterocycles. The van der Waals surface area contributed by atoms with Crippen LogP contribution < -0.4 is 0 Å². The van der Waals surface area contributed by atoms with Crippen LogP contribution in [-0.2, 0) is 10.8 Å². The van der Waals surface area contributed by atoms with Gasteiger partial charge in [0.1, 0.15) is 5.75 Å². The van der Waals surface area contributed by atoms with E-state index in [0.717, 1.165) is 22.3 Å². The molecular weight excluding hydrogens is 258 g/mol. The minimum absolute atomic E-state index is 0.104. The van der Waals surface area contributed by atoms with Gasteiger partial charge in [-0.15, -0.1) is 0 Å². The molecule has 1 heterocycles. The van der Waals surface area contributed by atoms with Crippen LogP contribution >= 0.6 is 0 Å². The Kier molecular flexibility index (Phi) is 3.83. The minimum atomic E-state index is -0.104. The van der Waals surface area contributed by atoms with Gasteiger partial charge in [-0.25, -0.2) is 0 Å². The van der Waals surface area contributed by atoms with Crippen LogP contribution in [0.2, 0.25) is 0 Å². The molecule has 2 aromatic rings. The molecular formula is C19H25NO. The van der Waals surface area contributed by atoms with Gasteiger partial charge in [0.15, 0.2) is 0 Å². The fraction of sp³-hybridized carbons (Fsp3) is 0.421. The van der Waals surface area contributed by atoms with Gasteiger partial charge in [0.25, 0.3) is 0 Å². The molecule has 0 radical (unpaired) electrons. The number of aromatic hydroxyl groups is 1. The number of benzene rings is 1. The molecule has 0 aliphatic carbocycles. The summed E-state index contributed by atoms with van der Waals surface area (Å²) in [4.78, 5) is 4.08. The molecule has 0 saturated heterocycles. The molecule has 0 atom stereocenters. The lowest BCUT2D eigenvalue weighted by molar-refractivity contribution is 0.423. The summed E-state index contributed by atoms with van der Waals surface area (Å²) in [6, 6.07) is 8.20. The lowest BCUT2D eigenvalue weighted by Gasteiger charge is -2.28. The van der Waals surface area contributed by atoms with Crippen molar-refractivity contribution in [3.8, 4) is 16.9 Å². The third kappa shape index (κ3) is 3.26. The normalized spacial score (nSPS) is 12.5. The Morgan fingerprint density at radius 3 is 1.57 bits per heavy atom. The first-order valence-electron chi connectivity index (χ1n) is 7.39. The van der Waals surface area contributed by atoms with Gasteiger partial charge in [-0.1, -0.05) is 41.5 Å². The Hall–Kier alpha value is -1.83. The van der Waals surface area contributed by atoms with E-state index < -0.39 is 0 Å². The highest BCUT2D eigenvalue weighted by molar-refractivity contribution is 5.68. The maximum absolute atomic E-state index is 10.7. The van der Waals surface area contributed by atoms with Crippen LogP contribution in [0.3, 0.4) is 0 Å². The average molecular weight is 283 g/mol. The van der Waals surface area contributed by atoms with Crippen molar-refractivity contribution < 1.29 is 5.11 Å². The summed E-state index contributed by atoms with van der Waals surface area (Å²) in [5.41, 5.74) is 4.02. The third-order valence-corrected chi connectivity index (χ3v) is 3.74. The molecule has 0 amide bonds. The van der Waals surface area contributed by atoms with E-state index in [-0.39, 0.29) is 10.8 Å². The van der Waals surface area contributed by atoms with Gasteiger partial charge >= 0.3 is 0 Å². The van der Waals surface area contributed by atoms with Gasteiger partial charge in [-0.3, -0.25) is 4.98 Å². The minimum Gasteiger partial charge on any atom is -0.507 e. The van der Waals surface area contributed by atoms with E-state index >= 15 is 0 Å². The Morgan fingerprint density at radius 2 is 1.19 bits per heavy atom. The number of hydrogen-bond acceptors (Lipinski definition) is 2. The summed E-state index contributed by atoms with van der Waals surface area (Å²) in [6.45, 7) is 12.8. The Balaban J connectivity index is 2.75. The zero-order valence-electron chi connectivity index (χ0n) is 13.9. The molecule has 0 aliphatic rings. The van der Waals surface area contributed by atoms with Crippen LogP contribution in [0.25, 0.3) is 11.1 Å². The predicted octanol–water partition coefficient (Wildman–Crippen LogP) is 5.05. The van der Waals surface area contributed by atoms with Gasteiger partial charge in [-0.05, 0) is 46.2 Å². The van der Waals surface area contributed by atoms with Gasteiger partial charge in [0.2, 0.25) is 0 Å². The van der Waals surface area contributed by atoms with E-state index in [1.165, 1.54) is 0 Å². The number of hydrogen-bond donors (Lipinski definition) is 1. The van der Waals surface area contributed by atoms with Crippen molar-refractivity contribution in [2.75, 3.05) is 0 Å². The van der Waals surface area contributed by atoms with E-state index in [9.17, 15) is 5.11 Å². The molecule has 0 fully saturated rings. The second kappa shape index (κ2) is 5.18. The fourth-order valence-corrected chi connectivity index (χ4v) is 2.49. The van der Waals surface area contributed by atoms with Crippen LogP contribution in [0.15, 0.2) is 36.7 Å². The van der Waals surface area contributed by atoms with Crippen LogP contribution in [0.1, 0.15) is 52.7 Å². The second-order valence-electron chi connectivity index (χ2n) is 7.66. The van der Waals surface area contributed by atoms with Crippen molar-refractivity contribution in [1.29, 1.82) is 0 Å². The summed E-state index contributed by atoms with van der Waals surface area (Å²) in [5.74, 6) is 0.424. The van der Waals surface area contributed by atoms with Crippen LogP contribution in [0.4, 0.5) is 0 Å². The molecule has 2 rings (SSSR count). The van der Waals surface area contributed by atoms with E-state index in [1.54, 1.807) is 12.4 Å². The average Bonchev–Trinajstić information content (AvgIpc) is 2.37. The maximum Gasteiger partial charge on any atom is 0.123 e. The number of aromatic nitrogens is 1. The van der Waals surface area contributed by atoms with Crippen molar-refractivity contribution in [2.24, 2.45) is 0 Å². The molecule has 1 aromatic heterocycles. The molecule has 0 unspecified atom stereocenters. The topological polar surface area (TPSA) is 33.1 Å². The van der Waals surface area contributed by atoms with Gasteiger partial charge in [0.05, 0.1) is 0 Å². The Bertz CT molecular complexity index is 596. The monoisotopic (exact) mass is 283 g/mol. The zero-order chi connectivity index (χ0) is 15.8. The van der Waals surface area contributed by atoms with Crippen LogP contribution in [-0.4, -0.2) is 10.1 Å². The molecule has 1 aromatic carbocycles. The number of rotatable bonds is 1. The number of phenolic OH excluding ortho intramolecular Hbond substituents is 1. The van der Waals surface area contributed by atoms with E-state index in [2.05, 4.69) is 58.7 Å². The highest BCUT2D eigenvalue weighted by Crippen LogP contribution is 2.41. The largest absolute Gasteiger partial charge is 0.507 e. The first-order chi connectivity index (χ1) is 9.60. The smallest absolute Gasteiger partial charge is 0.123 e. The summed E-state index contributed by atoms with van der Waals surface area (Å²) in [6.07, 6.45) is 3.60. The quantitative estimate of drug-likeness (QED) is 0.794. The number of pyridine rings is 1. The first-order valence-corrected chi connectivity index (χ1v) is 7.39. The van der Waals surface area contributed by atoms with Crippen molar-refractivity contribution >= 4 is 0 Å². The van der Waals surface area contributed by atoms with Crippen molar-refractivity contribution in [3.05, 3.63) is 47.8 Å². The van der Waals surface area contributed by atoms with E-state index in [0.29, 0.717) is 5.75 Å². The van der Waals surface area contributed by atoms with Gasteiger partial charge in [-0.2, -0.15) is 0 Å². The molecule has 0 saturated carbocycles. The van der Waals surface area contributed by atoms with Crippen molar-refractivity contribution in [1.82, 2.24) is 4.98 Å². The number of nitrogens with zero attached hydrogens (tertiary/aromatic N) is 1. The SMILES string of the molecule is CC(C)(C)c1cc(-c2ccncc2)cc(C(C)(C)C)c1O. The standard InChI is InChI=1S/C19H25NO/c1-18(2,3)15-11-14(13-7-9-20-10-8-13)12-16(17(15)21)19(4,5)6/h7-12,21H,1-6H3. The zero-order valence-corrected chi connectivity index (χ0v) is 13.9. The van der Waals surface area contributed by atoms with Crippen molar-refractivity contribution in [2.45, 2.75) is 52.4 Å². The molecule has 21 heavy (non-hydrogen) atoms. The predicted molar refractivity (Wildman–Crippen MR) is 88.7 cm³/mol. The molecule has 112 valence electrons. The Morgan fingerprint density at radius 1 is 0.762 bits per heavy atom. The van der Waals surface area contributed by atoms with Crippen LogP contribution in [0.5, 0.6) is 5.75 Å². The van der Waals surface area contributed by atoms with Crippen LogP contribution in [0, 0.1) is 0 Å². The number of phenols is 1. The van der Waals surface area contributed by atoms with Gasteiger partial charge < -0.3 is 5.11 Å². The Labute approximate surface area is 127 Å². The lowest BCUT2D eigenvalue weighted by atomic mass is 9.78. The summed E-state index contributed by atoms with van der Waals surface area (Å²) in [7, 11) is 0. The maximum atomic E-state index is 10.7. The summed E-state index contributed by atoms with van der Waals surface area (Å²) in [5, 5.41) is 10.7. The third-order valence-electron chi connectivity index (χ3n) is 3.74. The second-order valence-corrected chi connectivity index (χ2v) is 7.66. The summed E-state index contributed by atoms with van der Waals surface area (Å²) < 4.78 is 0. The molecule has 0 bridgehead atoms. The van der Waals surface area contributed by atoms with Gasteiger partial charge in [0, 0.05) is 23.5 Å². The molecule has 1 N–H and O–H groups in total. The lowest BCUT2D eigenvalue weighted by Crippen LogP contribution is -2.17. The molecule has 2 heteroatoms.